The molecule has 2 rings (SSSR count). The largest absolute Gasteiger partial charge is 0.497 e. The van der Waals surface area contributed by atoms with Gasteiger partial charge in [-0.15, -0.1) is 0 Å². The minimum absolute atomic E-state index is 0.000154. The number of benzene rings is 1. The highest BCUT2D eigenvalue weighted by molar-refractivity contribution is 5.99. The first-order valence-electron chi connectivity index (χ1n) is 4.93. The molecule has 1 saturated heterocycles. The smallest absolute Gasteiger partial charge is 0.243 e. The Morgan fingerprint density at radius 2 is 2.07 bits per heavy atom. The standard InChI is InChI=1S/C11H14N2O2/c1-15-9-4-2-8(3-5-9)13-7-6-10(12)11(13)14/h2-5,10H,6-7,12H2,1H3/t10-/m1/s1. The Morgan fingerprint density at radius 1 is 1.40 bits per heavy atom. The van der Waals surface area contributed by atoms with Gasteiger partial charge in [0, 0.05) is 12.2 Å². The maximum atomic E-state index is 11.6. The fourth-order valence-electron chi connectivity index (χ4n) is 1.72. The van der Waals surface area contributed by atoms with Crippen molar-refractivity contribution in [1.29, 1.82) is 0 Å². The topological polar surface area (TPSA) is 55.6 Å². The van der Waals surface area contributed by atoms with Crippen molar-refractivity contribution in [3.8, 4) is 5.75 Å². The summed E-state index contributed by atoms with van der Waals surface area (Å²) in [6.45, 7) is 0.701. The van der Waals surface area contributed by atoms with Gasteiger partial charge in [0.2, 0.25) is 5.91 Å². The van der Waals surface area contributed by atoms with Crippen molar-refractivity contribution < 1.29 is 9.53 Å². The number of hydrogen-bond acceptors (Lipinski definition) is 3. The van der Waals surface area contributed by atoms with Gasteiger partial charge in [0.25, 0.3) is 0 Å². The maximum absolute atomic E-state index is 11.6. The van der Waals surface area contributed by atoms with Gasteiger partial charge in [-0.25, -0.2) is 0 Å². The lowest BCUT2D eigenvalue weighted by atomic mass is 10.2. The van der Waals surface area contributed by atoms with Crippen LogP contribution in [0.15, 0.2) is 24.3 Å². The zero-order valence-corrected chi connectivity index (χ0v) is 8.64. The average Bonchev–Trinajstić information content (AvgIpc) is 2.60. The van der Waals surface area contributed by atoms with E-state index in [1.54, 1.807) is 12.0 Å². The lowest BCUT2D eigenvalue weighted by Crippen LogP contribution is -2.33. The highest BCUT2D eigenvalue weighted by Gasteiger charge is 2.29. The first-order chi connectivity index (χ1) is 7.22. The molecular formula is C11H14N2O2. The number of ether oxygens (including phenoxy) is 1. The number of carbonyl (C=O) groups excluding carboxylic acids is 1. The fraction of sp³-hybridized carbons (Fsp3) is 0.364. The number of rotatable bonds is 2. The molecule has 0 bridgehead atoms. The van der Waals surface area contributed by atoms with Crippen molar-refractivity contribution in [2.45, 2.75) is 12.5 Å². The van der Waals surface area contributed by atoms with Crippen LogP contribution in [0.5, 0.6) is 5.75 Å². The van der Waals surface area contributed by atoms with E-state index in [2.05, 4.69) is 0 Å². The van der Waals surface area contributed by atoms with E-state index in [4.69, 9.17) is 10.5 Å². The van der Waals surface area contributed by atoms with E-state index in [9.17, 15) is 4.79 Å². The normalized spacial score (nSPS) is 20.8. The second kappa shape index (κ2) is 3.90. The molecule has 80 valence electrons. The molecule has 1 amide bonds. The molecule has 0 aromatic heterocycles. The van der Waals surface area contributed by atoms with Crippen LogP contribution in [-0.2, 0) is 4.79 Å². The summed E-state index contributed by atoms with van der Waals surface area (Å²) in [7, 11) is 1.62. The molecule has 4 nitrogen and oxygen atoms in total. The molecule has 0 radical (unpaired) electrons. The molecule has 0 saturated carbocycles. The first-order valence-corrected chi connectivity index (χ1v) is 4.93. The van der Waals surface area contributed by atoms with Crippen LogP contribution in [0.4, 0.5) is 5.69 Å². The SMILES string of the molecule is COc1ccc(N2CC[C@@H](N)C2=O)cc1. The van der Waals surface area contributed by atoms with E-state index in [1.807, 2.05) is 24.3 Å². The summed E-state index contributed by atoms with van der Waals surface area (Å²) >= 11 is 0. The van der Waals surface area contributed by atoms with E-state index < -0.39 is 0 Å². The number of anilines is 1. The number of nitrogens with zero attached hydrogens (tertiary/aromatic N) is 1. The average molecular weight is 206 g/mol. The third-order valence-electron chi connectivity index (χ3n) is 2.63. The molecule has 1 fully saturated rings. The van der Waals surface area contributed by atoms with E-state index in [1.165, 1.54) is 0 Å². The molecule has 1 aliphatic rings. The van der Waals surface area contributed by atoms with Crippen LogP contribution in [0.25, 0.3) is 0 Å². The van der Waals surface area contributed by atoms with Crippen molar-refractivity contribution in [3.05, 3.63) is 24.3 Å². The summed E-state index contributed by atoms with van der Waals surface area (Å²) in [5.41, 5.74) is 6.53. The zero-order chi connectivity index (χ0) is 10.8. The fourth-order valence-corrected chi connectivity index (χ4v) is 1.72. The van der Waals surface area contributed by atoms with Crippen LogP contribution < -0.4 is 15.4 Å². The molecule has 0 aliphatic carbocycles. The van der Waals surface area contributed by atoms with Gasteiger partial charge in [0.05, 0.1) is 13.2 Å². The Hall–Kier alpha value is -1.55. The first kappa shape index (κ1) is 9.98. The lowest BCUT2D eigenvalue weighted by Gasteiger charge is -2.16. The lowest BCUT2D eigenvalue weighted by molar-refractivity contribution is -0.118. The molecule has 1 aromatic carbocycles. The van der Waals surface area contributed by atoms with Gasteiger partial charge in [-0.05, 0) is 30.7 Å². The summed E-state index contributed by atoms with van der Waals surface area (Å²) < 4.78 is 5.05. The van der Waals surface area contributed by atoms with E-state index in [-0.39, 0.29) is 11.9 Å². The van der Waals surface area contributed by atoms with Crippen molar-refractivity contribution in [3.63, 3.8) is 0 Å². The Balaban J connectivity index is 2.19. The van der Waals surface area contributed by atoms with Crippen molar-refractivity contribution in [2.24, 2.45) is 5.73 Å². The van der Waals surface area contributed by atoms with Gasteiger partial charge >= 0.3 is 0 Å². The van der Waals surface area contributed by atoms with Gasteiger partial charge in [-0.1, -0.05) is 0 Å². The molecule has 15 heavy (non-hydrogen) atoms. The molecule has 4 heteroatoms. The van der Waals surface area contributed by atoms with Crippen LogP contribution in [0.3, 0.4) is 0 Å². The van der Waals surface area contributed by atoms with E-state index in [0.29, 0.717) is 6.54 Å². The summed E-state index contributed by atoms with van der Waals surface area (Å²) in [5, 5.41) is 0. The highest BCUT2D eigenvalue weighted by Crippen LogP contribution is 2.23. The minimum atomic E-state index is -0.341. The summed E-state index contributed by atoms with van der Waals surface area (Å²) in [5.74, 6) is 0.787. The number of methoxy groups -OCH3 is 1. The number of nitrogens with two attached hydrogens (primary N) is 1. The minimum Gasteiger partial charge on any atom is -0.497 e. The predicted molar refractivity (Wildman–Crippen MR) is 57.9 cm³/mol. The number of amides is 1. The van der Waals surface area contributed by atoms with Crippen LogP contribution in [0, 0.1) is 0 Å². The van der Waals surface area contributed by atoms with Crippen LogP contribution >= 0.6 is 0 Å². The molecule has 0 spiro atoms. The van der Waals surface area contributed by atoms with Crippen molar-refractivity contribution in [1.82, 2.24) is 0 Å². The summed E-state index contributed by atoms with van der Waals surface area (Å²) in [4.78, 5) is 13.3. The Kier molecular flexibility index (Phi) is 2.60. The molecule has 1 heterocycles. The van der Waals surface area contributed by atoms with Crippen LogP contribution in [0.2, 0.25) is 0 Å². The second-order valence-electron chi connectivity index (χ2n) is 3.58. The van der Waals surface area contributed by atoms with Gasteiger partial charge in [-0.3, -0.25) is 4.79 Å². The molecule has 1 atom stereocenters. The van der Waals surface area contributed by atoms with Crippen LogP contribution in [0.1, 0.15) is 6.42 Å². The van der Waals surface area contributed by atoms with E-state index in [0.717, 1.165) is 17.9 Å². The van der Waals surface area contributed by atoms with Crippen molar-refractivity contribution >= 4 is 11.6 Å². The molecule has 1 aromatic rings. The Labute approximate surface area is 88.6 Å². The van der Waals surface area contributed by atoms with E-state index >= 15 is 0 Å². The predicted octanol–water partition coefficient (Wildman–Crippen LogP) is 0.759. The third-order valence-corrected chi connectivity index (χ3v) is 2.63. The zero-order valence-electron chi connectivity index (χ0n) is 8.64. The molecule has 2 N–H and O–H groups in total. The third kappa shape index (κ3) is 1.80. The Morgan fingerprint density at radius 3 is 2.53 bits per heavy atom. The Bertz CT molecular complexity index is 361. The van der Waals surface area contributed by atoms with Crippen LogP contribution in [-0.4, -0.2) is 25.6 Å². The molecule has 1 aliphatic heterocycles. The number of hydrogen-bond donors (Lipinski definition) is 1. The monoisotopic (exact) mass is 206 g/mol. The highest BCUT2D eigenvalue weighted by atomic mass is 16.5. The van der Waals surface area contributed by atoms with Gasteiger partial charge in [0.15, 0.2) is 0 Å². The molecular weight excluding hydrogens is 192 g/mol. The van der Waals surface area contributed by atoms with Gasteiger partial charge in [-0.2, -0.15) is 0 Å². The quantitative estimate of drug-likeness (QED) is 0.777. The maximum Gasteiger partial charge on any atom is 0.243 e. The van der Waals surface area contributed by atoms with Gasteiger partial charge < -0.3 is 15.4 Å². The summed E-state index contributed by atoms with van der Waals surface area (Å²) in [6, 6.07) is 7.08. The number of carbonyl (C=O) groups is 1. The molecule has 0 unspecified atom stereocenters. The summed E-state index contributed by atoms with van der Waals surface area (Å²) in [6.07, 6.45) is 0.727. The second-order valence-corrected chi connectivity index (χ2v) is 3.58. The van der Waals surface area contributed by atoms with Crippen molar-refractivity contribution in [2.75, 3.05) is 18.6 Å². The van der Waals surface area contributed by atoms with Gasteiger partial charge in [0.1, 0.15) is 5.75 Å².